The van der Waals surface area contributed by atoms with Crippen molar-refractivity contribution in [1.82, 2.24) is 0 Å². The predicted octanol–water partition coefficient (Wildman–Crippen LogP) is 2.47. The molecule has 0 atom stereocenters. The lowest BCUT2D eigenvalue weighted by Gasteiger charge is -2.13. The maximum atomic E-state index is 12.4. The molecule has 0 spiro atoms. The number of nitro groups is 1. The van der Waals surface area contributed by atoms with Crippen LogP contribution < -0.4 is 4.74 Å². The molecule has 0 aromatic heterocycles. The lowest BCUT2D eigenvalue weighted by atomic mass is 10.1. The first-order chi connectivity index (χ1) is 10.2. The fourth-order valence-electron chi connectivity index (χ4n) is 1.62. The van der Waals surface area contributed by atoms with Gasteiger partial charge in [-0.25, -0.2) is 0 Å². The molecule has 0 fully saturated rings. The summed E-state index contributed by atoms with van der Waals surface area (Å²) in [7, 11) is 0. The van der Waals surface area contributed by atoms with E-state index in [-0.39, 0.29) is 6.61 Å². The van der Waals surface area contributed by atoms with Crippen LogP contribution in [0.25, 0.3) is 0 Å². The summed E-state index contributed by atoms with van der Waals surface area (Å²) in [5.74, 6) is -2.07. The van der Waals surface area contributed by atoms with Crippen molar-refractivity contribution in [3.63, 3.8) is 0 Å². The molecule has 0 aliphatic rings. The van der Waals surface area contributed by atoms with Gasteiger partial charge in [-0.15, -0.1) is 13.2 Å². The van der Waals surface area contributed by atoms with Crippen LogP contribution in [0.1, 0.15) is 18.1 Å². The highest BCUT2D eigenvalue weighted by molar-refractivity contribution is 5.75. The Hall–Kier alpha value is -2.83. The van der Waals surface area contributed by atoms with Gasteiger partial charge in [-0.05, 0) is 13.0 Å². The number of carbonyl (C=O) groups excluding carboxylic acids is 1. The second-order valence-electron chi connectivity index (χ2n) is 3.85. The highest BCUT2D eigenvalue weighted by Crippen LogP contribution is 2.38. The molecule has 0 saturated heterocycles. The summed E-state index contributed by atoms with van der Waals surface area (Å²) < 4.78 is 45.5. The monoisotopic (exact) mass is 318 g/mol. The molecule has 22 heavy (non-hydrogen) atoms. The van der Waals surface area contributed by atoms with Crippen LogP contribution in [0.15, 0.2) is 12.1 Å². The summed E-state index contributed by atoms with van der Waals surface area (Å²) in [5, 5.41) is 19.7. The van der Waals surface area contributed by atoms with Crippen LogP contribution in [0, 0.1) is 21.4 Å². The number of alkyl halides is 3. The molecule has 0 bridgehead atoms. The molecule has 0 radical (unpaired) electrons. The number of ether oxygens (including phenoxy) is 2. The molecule has 1 rings (SSSR count). The van der Waals surface area contributed by atoms with Gasteiger partial charge >= 0.3 is 18.0 Å². The number of halogens is 3. The zero-order chi connectivity index (χ0) is 16.9. The fourth-order valence-corrected chi connectivity index (χ4v) is 1.62. The van der Waals surface area contributed by atoms with Crippen LogP contribution in [-0.4, -0.2) is 23.9 Å². The van der Waals surface area contributed by atoms with Crippen LogP contribution in [0.4, 0.5) is 18.9 Å². The number of carbonyl (C=O) groups is 1. The maximum Gasteiger partial charge on any atom is 0.573 e. The fraction of sp³-hybridized carbons (Fsp3) is 0.333. The van der Waals surface area contributed by atoms with E-state index in [0.29, 0.717) is 0 Å². The first-order valence-corrected chi connectivity index (χ1v) is 5.81. The van der Waals surface area contributed by atoms with Crippen molar-refractivity contribution in [2.24, 2.45) is 0 Å². The highest BCUT2D eigenvalue weighted by Gasteiger charge is 2.37. The number of esters is 1. The zero-order valence-electron chi connectivity index (χ0n) is 11.1. The van der Waals surface area contributed by atoms with Gasteiger partial charge in [-0.2, -0.15) is 5.26 Å². The minimum absolute atomic E-state index is 0.00727. The SMILES string of the molecule is CCOC(=O)Cc1ccc(C#N)c([N+](=O)[O-])c1OC(F)(F)F. The Morgan fingerprint density at radius 2 is 2.09 bits per heavy atom. The highest BCUT2D eigenvalue weighted by atomic mass is 19.4. The molecule has 0 N–H and O–H groups in total. The Labute approximate surface area is 122 Å². The molecule has 1 aromatic carbocycles. The molecule has 118 valence electrons. The van der Waals surface area contributed by atoms with E-state index in [0.717, 1.165) is 12.1 Å². The number of nitriles is 1. The number of nitro benzene ring substituents is 1. The van der Waals surface area contributed by atoms with Crippen molar-refractivity contribution in [2.45, 2.75) is 19.7 Å². The number of benzene rings is 1. The first-order valence-electron chi connectivity index (χ1n) is 5.81. The van der Waals surface area contributed by atoms with Crippen molar-refractivity contribution in [3.05, 3.63) is 33.4 Å². The van der Waals surface area contributed by atoms with Gasteiger partial charge in [0.2, 0.25) is 5.75 Å². The summed E-state index contributed by atoms with van der Waals surface area (Å²) in [6.45, 7) is 1.49. The molecule has 0 amide bonds. The van der Waals surface area contributed by atoms with E-state index in [1.54, 1.807) is 0 Å². The minimum Gasteiger partial charge on any atom is -0.466 e. The van der Waals surface area contributed by atoms with Crippen LogP contribution in [0.2, 0.25) is 0 Å². The van der Waals surface area contributed by atoms with E-state index < -0.39 is 46.2 Å². The summed E-state index contributed by atoms with van der Waals surface area (Å²) in [6, 6.07) is 3.32. The third kappa shape index (κ3) is 4.34. The average molecular weight is 318 g/mol. The van der Waals surface area contributed by atoms with Gasteiger partial charge in [0.05, 0.1) is 18.0 Å². The molecule has 0 heterocycles. The third-order valence-corrected chi connectivity index (χ3v) is 2.37. The van der Waals surface area contributed by atoms with Crippen LogP contribution in [-0.2, 0) is 16.0 Å². The lowest BCUT2D eigenvalue weighted by molar-refractivity contribution is -0.389. The van der Waals surface area contributed by atoms with Crippen LogP contribution in [0.3, 0.4) is 0 Å². The second kappa shape index (κ2) is 6.75. The van der Waals surface area contributed by atoms with E-state index in [1.165, 1.54) is 13.0 Å². The normalized spacial score (nSPS) is 10.7. The van der Waals surface area contributed by atoms with Crippen LogP contribution in [0.5, 0.6) is 5.75 Å². The summed E-state index contributed by atoms with van der Waals surface area (Å²) in [6.07, 6.45) is -5.88. The quantitative estimate of drug-likeness (QED) is 0.469. The van der Waals surface area contributed by atoms with E-state index in [2.05, 4.69) is 9.47 Å². The third-order valence-electron chi connectivity index (χ3n) is 2.37. The Morgan fingerprint density at radius 3 is 2.55 bits per heavy atom. The van der Waals surface area contributed by atoms with Crippen LogP contribution >= 0.6 is 0 Å². The van der Waals surface area contributed by atoms with Gasteiger partial charge in [0, 0.05) is 5.56 Å². The Kier molecular flexibility index (Phi) is 5.28. The molecule has 10 heteroatoms. The summed E-state index contributed by atoms with van der Waals surface area (Å²) >= 11 is 0. The molecule has 0 saturated carbocycles. The van der Waals surface area contributed by atoms with Gasteiger partial charge in [-0.3, -0.25) is 14.9 Å². The van der Waals surface area contributed by atoms with Crippen molar-refractivity contribution in [3.8, 4) is 11.8 Å². The topological polar surface area (TPSA) is 102 Å². The molecule has 0 aliphatic heterocycles. The lowest BCUT2D eigenvalue weighted by Crippen LogP contribution is -2.20. The van der Waals surface area contributed by atoms with Gasteiger partial charge in [-0.1, -0.05) is 6.07 Å². The van der Waals surface area contributed by atoms with E-state index >= 15 is 0 Å². The Bertz CT molecular complexity index is 637. The number of hydrogen-bond donors (Lipinski definition) is 0. The van der Waals surface area contributed by atoms with Crippen molar-refractivity contribution in [2.75, 3.05) is 6.61 Å². The van der Waals surface area contributed by atoms with E-state index in [4.69, 9.17) is 5.26 Å². The summed E-state index contributed by atoms with van der Waals surface area (Å²) in [4.78, 5) is 21.1. The van der Waals surface area contributed by atoms with Crippen molar-refractivity contribution in [1.29, 1.82) is 5.26 Å². The Balaban J connectivity index is 3.43. The second-order valence-corrected chi connectivity index (χ2v) is 3.85. The van der Waals surface area contributed by atoms with E-state index in [9.17, 15) is 28.1 Å². The molecular weight excluding hydrogens is 309 g/mol. The minimum atomic E-state index is -5.22. The van der Waals surface area contributed by atoms with E-state index in [1.807, 2.05) is 0 Å². The Morgan fingerprint density at radius 1 is 1.45 bits per heavy atom. The molecule has 0 aliphatic carbocycles. The predicted molar refractivity (Wildman–Crippen MR) is 64.8 cm³/mol. The smallest absolute Gasteiger partial charge is 0.466 e. The standard InChI is InChI=1S/C12H9F3N2O5/c1-2-21-9(18)5-7-3-4-8(6-16)10(17(19)20)11(7)22-12(13,14)15/h3-4H,2,5H2,1H3. The first kappa shape index (κ1) is 17.2. The van der Waals surface area contributed by atoms with Gasteiger partial charge in [0.1, 0.15) is 11.6 Å². The molecule has 0 unspecified atom stereocenters. The van der Waals surface area contributed by atoms with Gasteiger partial charge < -0.3 is 9.47 Å². The maximum absolute atomic E-state index is 12.4. The van der Waals surface area contributed by atoms with Gasteiger partial charge in [0.15, 0.2) is 0 Å². The number of rotatable bonds is 5. The molecular formula is C12H9F3N2O5. The van der Waals surface area contributed by atoms with Crippen molar-refractivity contribution >= 4 is 11.7 Å². The number of hydrogen-bond acceptors (Lipinski definition) is 6. The van der Waals surface area contributed by atoms with Gasteiger partial charge in [0.25, 0.3) is 0 Å². The van der Waals surface area contributed by atoms with Crippen molar-refractivity contribution < 1.29 is 32.4 Å². The molecule has 1 aromatic rings. The number of nitrogens with zero attached hydrogens (tertiary/aromatic N) is 2. The average Bonchev–Trinajstić information content (AvgIpc) is 2.38. The zero-order valence-corrected chi connectivity index (χ0v) is 11.1. The largest absolute Gasteiger partial charge is 0.573 e. The molecule has 7 nitrogen and oxygen atoms in total. The summed E-state index contributed by atoms with van der Waals surface area (Å²) in [5.41, 5.74) is -2.17.